The van der Waals surface area contributed by atoms with Crippen molar-refractivity contribution in [2.24, 2.45) is 0 Å². The molecule has 3 nitrogen and oxygen atoms in total. The fourth-order valence-corrected chi connectivity index (χ4v) is 1.95. The fourth-order valence-electron chi connectivity index (χ4n) is 1.26. The molecular formula is C13H14Br2O3. The highest BCUT2D eigenvalue weighted by atomic mass is 79.9. The van der Waals surface area contributed by atoms with Gasteiger partial charge in [0, 0.05) is 5.56 Å². The van der Waals surface area contributed by atoms with E-state index in [1.54, 1.807) is 30.3 Å². The van der Waals surface area contributed by atoms with Gasteiger partial charge in [0.2, 0.25) is 9.02 Å². The van der Waals surface area contributed by atoms with Gasteiger partial charge in [0.05, 0.1) is 6.61 Å². The highest BCUT2D eigenvalue weighted by Gasteiger charge is 2.42. The Balaban J connectivity index is 2.73. The molecule has 0 saturated heterocycles. The zero-order valence-corrected chi connectivity index (χ0v) is 13.2. The van der Waals surface area contributed by atoms with Crippen LogP contribution < -0.4 is 0 Å². The number of halogens is 2. The average molecular weight is 378 g/mol. The third kappa shape index (κ3) is 3.92. The Kier molecular flexibility index (Phi) is 6.02. The van der Waals surface area contributed by atoms with Crippen LogP contribution in [0.25, 0.3) is 0 Å². The quantitative estimate of drug-likeness (QED) is 0.249. The van der Waals surface area contributed by atoms with E-state index in [1.165, 1.54) is 0 Å². The van der Waals surface area contributed by atoms with Crippen molar-refractivity contribution in [1.29, 1.82) is 0 Å². The number of Topliss-reactive ketones (excluding diaryl/α,β-unsaturated/α-hetero) is 1. The van der Waals surface area contributed by atoms with Crippen LogP contribution in [0.2, 0.25) is 0 Å². The number of carbonyl (C=O) groups excluding carboxylic acids is 2. The van der Waals surface area contributed by atoms with Crippen molar-refractivity contribution < 1.29 is 14.3 Å². The average Bonchev–Trinajstić information content (AvgIpc) is 2.39. The smallest absolute Gasteiger partial charge is 0.342 e. The van der Waals surface area contributed by atoms with E-state index in [4.69, 9.17) is 4.74 Å². The largest absolute Gasteiger partial charge is 0.464 e. The van der Waals surface area contributed by atoms with Gasteiger partial charge in [-0.15, -0.1) is 0 Å². The van der Waals surface area contributed by atoms with Gasteiger partial charge in [0.1, 0.15) is 0 Å². The number of ketones is 1. The van der Waals surface area contributed by atoms with Crippen LogP contribution >= 0.6 is 31.9 Å². The predicted molar refractivity (Wildman–Crippen MR) is 77.2 cm³/mol. The molecule has 0 aliphatic carbocycles. The van der Waals surface area contributed by atoms with Gasteiger partial charge < -0.3 is 4.74 Å². The van der Waals surface area contributed by atoms with Crippen LogP contribution in [-0.4, -0.2) is 21.6 Å². The third-order valence-electron chi connectivity index (χ3n) is 2.31. The van der Waals surface area contributed by atoms with Crippen molar-refractivity contribution in [1.82, 2.24) is 0 Å². The van der Waals surface area contributed by atoms with Gasteiger partial charge in [-0.2, -0.15) is 0 Å². The first-order chi connectivity index (χ1) is 8.50. The van der Waals surface area contributed by atoms with Crippen LogP contribution in [0.4, 0.5) is 0 Å². The molecule has 0 unspecified atom stereocenters. The number of benzene rings is 1. The second-order valence-electron chi connectivity index (χ2n) is 3.76. The van der Waals surface area contributed by atoms with Crippen molar-refractivity contribution in [3.63, 3.8) is 0 Å². The first-order valence-corrected chi connectivity index (χ1v) is 7.23. The van der Waals surface area contributed by atoms with E-state index in [1.807, 2.05) is 6.92 Å². The monoisotopic (exact) mass is 376 g/mol. The standard InChI is InChI=1S/C13H14Br2O3/c1-2-3-9-18-12(17)13(14,15)11(16)10-7-5-4-6-8-10/h4-8H,2-3,9H2,1H3. The molecule has 1 rings (SSSR count). The molecule has 0 amide bonds. The minimum absolute atomic E-state index is 0.316. The zero-order chi connectivity index (χ0) is 13.6. The number of unbranched alkanes of at least 4 members (excludes halogenated alkanes) is 1. The Hall–Kier alpha value is -0.680. The lowest BCUT2D eigenvalue weighted by Gasteiger charge is -2.17. The van der Waals surface area contributed by atoms with Crippen molar-refractivity contribution >= 4 is 43.6 Å². The second kappa shape index (κ2) is 7.04. The zero-order valence-electron chi connectivity index (χ0n) is 9.99. The lowest BCUT2D eigenvalue weighted by molar-refractivity contribution is -0.142. The summed E-state index contributed by atoms with van der Waals surface area (Å²) in [5.41, 5.74) is 0.443. The lowest BCUT2D eigenvalue weighted by atomic mass is 10.1. The Labute approximate surface area is 123 Å². The highest BCUT2D eigenvalue weighted by Crippen LogP contribution is 2.32. The summed E-state index contributed by atoms with van der Waals surface area (Å²) in [4.78, 5) is 24.0. The Morgan fingerprint density at radius 3 is 2.39 bits per heavy atom. The Bertz CT molecular complexity index is 416. The highest BCUT2D eigenvalue weighted by molar-refractivity contribution is 9.26. The maximum atomic E-state index is 12.1. The van der Waals surface area contributed by atoms with Crippen molar-refractivity contribution in [3.05, 3.63) is 35.9 Å². The summed E-state index contributed by atoms with van der Waals surface area (Å²) >= 11 is 6.19. The minimum Gasteiger partial charge on any atom is -0.464 e. The van der Waals surface area contributed by atoms with Crippen molar-refractivity contribution in [2.75, 3.05) is 6.61 Å². The number of esters is 1. The molecule has 5 heteroatoms. The van der Waals surface area contributed by atoms with Crippen LogP contribution in [0.5, 0.6) is 0 Å². The maximum absolute atomic E-state index is 12.1. The summed E-state index contributed by atoms with van der Waals surface area (Å²) in [6.45, 7) is 2.31. The summed E-state index contributed by atoms with van der Waals surface area (Å²) in [7, 11) is 0. The summed E-state index contributed by atoms with van der Waals surface area (Å²) < 4.78 is 3.53. The third-order valence-corrected chi connectivity index (χ3v) is 3.68. The maximum Gasteiger partial charge on any atom is 0.342 e. The van der Waals surface area contributed by atoms with E-state index in [-0.39, 0.29) is 5.78 Å². The Morgan fingerprint density at radius 2 is 1.83 bits per heavy atom. The number of hydrogen-bond donors (Lipinski definition) is 0. The molecule has 1 aromatic rings. The first kappa shape index (κ1) is 15.4. The molecule has 0 radical (unpaired) electrons. The number of hydrogen-bond acceptors (Lipinski definition) is 3. The lowest BCUT2D eigenvalue weighted by Crippen LogP contribution is -2.36. The number of rotatable bonds is 6. The molecule has 0 fully saturated rings. The van der Waals surface area contributed by atoms with Crippen molar-refractivity contribution in [3.8, 4) is 0 Å². The topological polar surface area (TPSA) is 43.4 Å². The molecule has 0 atom stereocenters. The van der Waals surface area contributed by atoms with Gasteiger partial charge >= 0.3 is 5.97 Å². The molecule has 0 aromatic heterocycles. The van der Waals surface area contributed by atoms with Gasteiger partial charge in [-0.05, 0) is 6.42 Å². The molecule has 0 aliphatic heterocycles. The van der Waals surface area contributed by atoms with E-state index in [2.05, 4.69) is 31.9 Å². The van der Waals surface area contributed by atoms with Gasteiger partial charge in [-0.3, -0.25) is 4.79 Å². The Morgan fingerprint density at radius 1 is 1.22 bits per heavy atom. The molecule has 0 spiro atoms. The van der Waals surface area contributed by atoms with E-state index in [0.29, 0.717) is 12.2 Å². The molecule has 1 aromatic carbocycles. The molecule has 0 bridgehead atoms. The van der Waals surface area contributed by atoms with Crippen LogP contribution in [0.1, 0.15) is 30.1 Å². The summed E-state index contributed by atoms with van der Waals surface area (Å²) in [6.07, 6.45) is 1.71. The SMILES string of the molecule is CCCCOC(=O)C(Br)(Br)C(=O)c1ccccc1. The molecule has 0 N–H and O–H groups in total. The number of alkyl halides is 2. The van der Waals surface area contributed by atoms with E-state index >= 15 is 0 Å². The van der Waals surface area contributed by atoms with Crippen LogP contribution in [0.15, 0.2) is 30.3 Å². The molecule has 0 saturated carbocycles. The first-order valence-electron chi connectivity index (χ1n) is 5.65. The van der Waals surface area contributed by atoms with Gasteiger partial charge in [-0.25, -0.2) is 4.79 Å². The summed E-state index contributed by atoms with van der Waals surface area (Å²) in [6, 6.07) is 8.59. The van der Waals surface area contributed by atoms with Crippen LogP contribution in [0.3, 0.4) is 0 Å². The molecule has 18 heavy (non-hydrogen) atoms. The van der Waals surface area contributed by atoms with Crippen molar-refractivity contribution in [2.45, 2.75) is 23.0 Å². The number of carbonyl (C=O) groups is 2. The van der Waals surface area contributed by atoms with Gasteiger partial charge in [0.25, 0.3) is 0 Å². The summed E-state index contributed by atoms with van der Waals surface area (Å²) in [5, 5.41) is 0. The van der Waals surface area contributed by atoms with E-state index < -0.39 is 9.20 Å². The minimum atomic E-state index is -1.50. The van der Waals surface area contributed by atoms with Gasteiger partial charge in [0.15, 0.2) is 0 Å². The van der Waals surface area contributed by atoms with Crippen LogP contribution in [-0.2, 0) is 9.53 Å². The predicted octanol–water partition coefficient (Wildman–Crippen LogP) is 3.70. The van der Waals surface area contributed by atoms with E-state index in [0.717, 1.165) is 12.8 Å². The molecule has 0 heterocycles. The molecule has 98 valence electrons. The molecule has 0 aliphatic rings. The second-order valence-corrected chi connectivity index (χ2v) is 7.20. The summed E-state index contributed by atoms with van der Waals surface area (Å²) in [5.74, 6) is -0.991. The molecular weight excluding hydrogens is 364 g/mol. The number of ether oxygens (including phenoxy) is 1. The van der Waals surface area contributed by atoms with Crippen LogP contribution in [0, 0.1) is 0 Å². The van der Waals surface area contributed by atoms with E-state index in [9.17, 15) is 9.59 Å². The van der Waals surface area contributed by atoms with Gasteiger partial charge in [-0.1, -0.05) is 75.5 Å². The normalized spacial score (nSPS) is 11.1. The fraction of sp³-hybridized carbons (Fsp3) is 0.385.